The van der Waals surface area contributed by atoms with Crippen molar-refractivity contribution in [3.05, 3.63) is 64.9 Å². The molecule has 10 heteroatoms. The Kier molecular flexibility index (Phi) is 9.03. The van der Waals surface area contributed by atoms with Crippen molar-refractivity contribution in [1.82, 2.24) is 10.2 Å². The van der Waals surface area contributed by atoms with Crippen LogP contribution in [0.15, 0.2) is 48.5 Å². The van der Waals surface area contributed by atoms with E-state index in [1.54, 1.807) is 38.1 Å². The molecule has 2 amide bonds. The molecule has 0 bridgehead atoms. The van der Waals surface area contributed by atoms with Crippen LogP contribution in [0.4, 0.5) is 10.1 Å². The number of nitrogens with zero attached hydrogens (tertiary/aromatic N) is 2. The molecule has 0 aliphatic rings. The van der Waals surface area contributed by atoms with E-state index in [0.29, 0.717) is 18.0 Å². The van der Waals surface area contributed by atoms with E-state index in [-0.39, 0.29) is 18.1 Å². The van der Waals surface area contributed by atoms with Gasteiger partial charge in [-0.15, -0.1) is 0 Å². The molecule has 0 radical (unpaired) electrons. The van der Waals surface area contributed by atoms with Gasteiger partial charge in [0.1, 0.15) is 18.4 Å². The van der Waals surface area contributed by atoms with Gasteiger partial charge in [-0.05, 0) is 55.3 Å². The number of amides is 2. The molecule has 0 aliphatic carbocycles. The summed E-state index contributed by atoms with van der Waals surface area (Å²) in [5.41, 5.74) is 0.887. The molecule has 174 valence electrons. The van der Waals surface area contributed by atoms with Crippen LogP contribution < -0.4 is 9.62 Å². The van der Waals surface area contributed by atoms with Crippen LogP contribution in [0.3, 0.4) is 0 Å². The Hall–Kier alpha value is -2.65. The smallest absolute Gasteiger partial charge is 0.244 e. The standard InChI is InChI=1S/C22H27ClFN3O4S/c1-4-20(22(29)25-5-2)26(14-16-6-8-17(23)9-7-16)21(28)15-27(32(3,30)31)19-12-10-18(24)11-13-19/h6-13,20H,4-5,14-15H2,1-3H3,(H,25,29)/t20-/m1/s1. The van der Waals surface area contributed by atoms with E-state index in [0.717, 1.165) is 28.3 Å². The Morgan fingerprint density at radius 1 is 1.06 bits per heavy atom. The van der Waals surface area contributed by atoms with E-state index < -0.39 is 34.3 Å². The lowest BCUT2D eigenvalue weighted by molar-refractivity contribution is -0.140. The van der Waals surface area contributed by atoms with E-state index >= 15 is 0 Å². The molecule has 7 nitrogen and oxygen atoms in total. The molecule has 2 aromatic carbocycles. The predicted octanol–water partition coefficient (Wildman–Crippen LogP) is 3.19. The van der Waals surface area contributed by atoms with Gasteiger partial charge in [0.15, 0.2) is 0 Å². The minimum absolute atomic E-state index is 0.0899. The summed E-state index contributed by atoms with van der Waals surface area (Å²) < 4.78 is 39.0. The SMILES string of the molecule is CCNC(=O)[C@@H](CC)N(Cc1ccc(Cl)cc1)C(=O)CN(c1ccc(F)cc1)S(C)(=O)=O. The fourth-order valence-corrected chi connectivity index (χ4v) is 4.19. The first-order valence-corrected chi connectivity index (χ1v) is 12.3. The maximum Gasteiger partial charge on any atom is 0.244 e. The highest BCUT2D eigenvalue weighted by molar-refractivity contribution is 7.92. The second kappa shape index (κ2) is 11.3. The summed E-state index contributed by atoms with van der Waals surface area (Å²) in [7, 11) is -3.86. The molecule has 0 aliphatic heterocycles. The maximum absolute atomic E-state index is 13.4. The summed E-state index contributed by atoms with van der Waals surface area (Å²) in [6.07, 6.45) is 1.30. The zero-order chi connectivity index (χ0) is 23.9. The molecular formula is C22H27ClFN3O4S. The lowest BCUT2D eigenvalue weighted by atomic mass is 10.1. The van der Waals surface area contributed by atoms with Gasteiger partial charge in [0.2, 0.25) is 21.8 Å². The van der Waals surface area contributed by atoms with E-state index in [4.69, 9.17) is 11.6 Å². The summed E-state index contributed by atoms with van der Waals surface area (Å²) >= 11 is 5.95. The second-order valence-corrected chi connectivity index (χ2v) is 9.56. The van der Waals surface area contributed by atoms with Gasteiger partial charge < -0.3 is 10.2 Å². The highest BCUT2D eigenvalue weighted by Crippen LogP contribution is 2.20. The number of likely N-dealkylation sites (N-methyl/N-ethyl adjacent to an activating group) is 1. The molecular weight excluding hydrogens is 457 g/mol. The van der Waals surface area contributed by atoms with Crippen molar-refractivity contribution in [2.45, 2.75) is 32.9 Å². The lowest BCUT2D eigenvalue weighted by Gasteiger charge is -2.32. The van der Waals surface area contributed by atoms with Gasteiger partial charge in [-0.2, -0.15) is 0 Å². The van der Waals surface area contributed by atoms with Crippen LogP contribution in [0.2, 0.25) is 5.02 Å². The number of sulfonamides is 1. The van der Waals surface area contributed by atoms with Gasteiger partial charge >= 0.3 is 0 Å². The van der Waals surface area contributed by atoms with Crippen LogP contribution in [0.1, 0.15) is 25.8 Å². The molecule has 0 unspecified atom stereocenters. The zero-order valence-corrected chi connectivity index (χ0v) is 19.8. The number of anilines is 1. The number of halogens is 2. The van der Waals surface area contributed by atoms with Gasteiger partial charge in [-0.25, -0.2) is 12.8 Å². The van der Waals surface area contributed by atoms with Crippen molar-refractivity contribution >= 4 is 39.1 Å². The number of hydrogen-bond donors (Lipinski definition) is 1. The molecule has 32 heavy (non-hydrogen) atoms. The number of carbonyl (C=O) groups is 2. The molecule has 1 N–H and O–H groups in total. The highest BCUT2D eigenvalue weighted by atomic mass is 35.5. The summed E-state index contributed by atoms with van der Waals surface area (Å²) in [6, 6.07) is 10.8. The average molecular weight is 484 g/mol. The van der Waals surface area contributed by atoms with Crippen molar-refractivity contribution in [1.29, 1.82) is 0 Å². The summed E-state index contributed by atoms with van der Waals surface area (Å²) in [6.45, 7) is 3.50. The van der Waals surface area contributed by atoms with Gasteiger partial charge in [-0.1, -0.05) is 30.7 Å². The Morgan fingerprint density at radius 2 is 1.66 bits per heavy atom. The van der Waals surface area contributed by atoms with Gasteiger partial charge in [0.25, 0.3) is 0 Å². The third-order valence-electron chi connectivity index (χ3n) is 4.80. The first kappa shape index (κ1) is 25.6. The van der Waals surface area contributed by atoms with Crippen LogP contribution in [0, 0.1) is 5.82 Å². The summed E-state index contributed by atoms with van der Waals surface area (Å²) in [5, 5.41) is 3.25. The van der Waals surface area contributed by atoms with Crippen LogP contribution in [0.25, 0.3) is 0 Å². The molecule has 0 spiro atoms. The Balaban J connectivity index is 2.40. The van der Waals surface area contributed by atoms with Gasteiger partial charge in [0.05, 0.1) is 11.9 Å². The minimum Gasteiger partial charge on any atom is -0.355 e. The third kappa shape index (κ3) is 6.93. The van der Waals surface area contributed by atoms with E-state index in [1.165, 1.54) is 17.0 Å². The monoisotopic (exact) mass is 483 g/mol. The quantitative estimate of drug-likeness (QED) is 0.562. The predicted molar refractivity (Wildman–Crippen MR) is 123 cm³/mol. The van der Waals surface area contributed by atoms with Crippen LogP contribution >= 0.6 is 11.6 Å². The van der Waals surface area contributed by atoms with Crippen molar-refractivity contribution in [2.24, 2.45) is 0 Å². The first-order chi connectivity index (χ1) is 15.1. The number of carbonyl (C=O) groups excluding carboxylic acids is 2. The normalized spacial score (nSPS) is 12.2. The third-order valence-corrected chi connectivity index (χ3v) is 6.19. The Labute approximate surface area is 193 Å². The van der Waals surface area contributed by atoms with E-state index in [9.17, 15) is 22.4 Å². The van der Waals surface area contributed by atoms with Gasteiger partial charge in [0, 0.05) is 18.1 Å². The fourth-order valence-electron chi connectivity index (χ4n) is 3.22. The molecule has 1 atom stereocenters. The van der Waals surface area contributed by atoms with Crippen LogP contribution in [-0.4, -0.2) is 50.5 Å². The van der Waals surface area contributed by atoms with Crippen molar-refractivity contribution in [3.8, 4) is 0 Å². The molecule has 0 fully saturated rings. The molecule has 0 saturated heterocycles. The topological polar surface area (TPSA) is 86.8 Å². The minimum atomic E-state index is -3.86. The van der Waals surface area contributed by atoms with Crippen molar-refractivity contribution < 1.29 is 22.4 Å². The molecule has 2 rings (SSSR count). The first-order valence-electron chi connectivity index (χ1n) is 10.1. The van der Waals surface area contributed by atoms with E-state index in [1.807, 2.05) is 0 Å². The molecule has 0 heterocycles. The summed E-state index contributed by atoms with van der Waals surface area (Å²) in [5.74, 6) is -1.42. The maximum atomic E-state index is 13.4. The lowest BCUT2D eigenvalue weighted by Crippen LogP contribution is -2.52. The number of rotatable bonds is 10. The molecule has 0 saturated carbocycles. The largest absolute Gasteiger partial charge is 0.355 e. The Morgan fingerprint density at radius 3 is 2.16 bits per heavy atom. The van der Waals surface area contributed by atoms with Crippen molar-refractivity contribution in [3.63, 3.8) is 0 Å². The van der Waals surface area contributed by atoms with Crippen LogP contribution in [-0.2, 0) is 26.2 Å². The van der Waals surface area contributed by atoms with E-state index in [2.05, 4.69) is 5.32 Å². The molecule has 2 aromatic rings. The fraction of sp³-hybridized carbons (Fsp3) is 0.364. The summed E-state index contributed by atoms with van der Waals surface area (Å²) in [4.78, 5) is 27.4. The highest BCUT2D eigenvalue weighted by Gasteiger charge is 2.31. The number of benzene rings is 2. The second-order valence-electron chi connectivity index (χ2n) is 7.21. The van der Waals surface area contributed by atoms with Crippen LogP contribution in [0.5, 0.6) is 0 Å². The number of hydrogen-bond acceptors (Lipinski definition) is 4. The number of nitrogens with one attached hydrogen (secondary N) is 1. The Bertz CT molecular complexity index is 1030. The molecule has 0 aromatic heterocycles. The van der Waals surface area contributed by atoms with Crippen molar-refractivity contribution in [2.75, 3.05) is 23.7 Å². The van der Waals surface area contributed by atoms with Gasteiger partial charge in [-0.3, -0.25) is 13.9 Å². The average Bonchev–Trinajstić information content (AvgIpc) is 2.73. The zero-order valence-electron chi connectivity index (χ0n) is 18.2.